The van der Waals surface area contributed by atoms with Crippen LogP contribution in [-0.4, -0.2) is 33.6 Å². The molecule has 2 aromatic rings. The summed E-state index contributed by atoms with van der Waals surface area (Å²) in [6.07, 6.45) is 16.6. The lowest BCUT2D eigenvalue weighted by atomic mass is 9.94. The van der Waals surface area contributed by atoms with Crippen molar-refractivity contribution in [1.82, 2.24) is 9.88 Å². The third kappa shape index (κ3) is 8.09. The Bertz CT molecular complexity index is 838. The first-order valence-electron chi connectivity index (χ1n) is 13.9. The number of hydrogen-bond donors (Lipinski definition) is 2. The van der Waals surface area contributed by atoms with Crippen LogP contribution in [0.2, 0.25) is 0 Å². The molecule has 4 nitrogen and oxygen atoms in total. The van der Waals surface area contributed by atoms with E-state index in [2.05, 4.69) is 48.0 Å². The SMILES string of the molecule is CCCCc1cc(CCCC)c(O)c(CCCCCC(N)C2CCCN2Cc2ccccn2)c1. The average molecular weight is 466 g/mol. The van der Waals surface area contributed by atoms with Crippen molar-refractivity contribution in [2.75, 3.05) is 6.54 Å². The third-order valence-corrected chi connectivity index (χ3v) is 7.43. The summed E-state index contributed by atoms with van der Waals surface area (Å²) in [5.41, 5.74) is 11.5. The summed E-state index contributed by atoms with van der Waals surface area (Å²) in [6, 6.07) is 11.4. The molecule has 1 aliphatic rings. The number of likely N-dealkylation sites (tertiary alicyclic amines) is 1. The number of phenolic OH excluding ortho intramolecular Hbond substituents is 1. The smallest absolute Gasteiger partial charge is 0.121 e. The highest BCUT2D eigenvalue weighted by atomic mass is 16.3. The van der Waals surface area contributed by atoms with Gasteiger partial charge >= 0.3 is 0 Å². The summed E-state index contributed by atoms with van der Waals surface area (Å²) in [5, 5.41) is 10.9. The fraction of sp³-hybridized carbons (Fsp3) is 0.633. The fourth-order valence-electron chi connectivity index (χ4n) is 5.40. The number of phenols is 1. The topological polar surface area (TPSA) is 62.4 Å². The summed E-state index contributed by atoms with van der Waals surface area (Å²) in [7, 11) is 0. The molecule has 34 heavy (non-hydrogen) atoms. The van der Waals surface area contributed by atoms with Crippen LogP contribution in [-0.2, 0) is 25.8 Å². The van der Waals surface area contributed by atoms with E-state index < -0.39 is 0 Å². The Balaban J connectivity index is 1.46. The first-order chi connectivity index (χ1) is 16.6. The molecular weight excluding hydrogens is 418 g/mol. The zero-order chi connectivity index (χ0) is 24.2. The van der Waals surface area contributed by atoms with Gasteiger partial charge in [0.2, 0.25) is 0 Å². The minimum absolute atomic E-state index is 0.234. The molecule has 4 heteroatoms. The highest BCUT2D eigenvalue weighted by molar-refractivity contribution is 5.44. The van der Waals surface area contributed by atoms with E-state index in [1.165, 1.54) is 37.7 Å². The normalized spacial score (nSPS) is 17.3. The molecule has 2 unspecified atom stereocenters. The van der Waals surface area contributed by atoms with Crippen molar-refractivity contribution in [3.63, 3.8) is 0 Å². The Morgan fingerprint density at radius 2 is 1.74 bits per heavy atom. The van der Waals surface area contributed by atoms with Crippen LogP contribution in [0, 0.1) is 0 Å². The fourth-order valence-corrected chi connectivity index (χ4v) is 5.40. The number of benzene rings is 1. The molecule has 0 radical (unpaired) electrons. The third-order valence-electron chi connectivity index (χ3n) is 7.43. The van der Waals surface area contributed by atoms with Gasteiger partial charge in [-0.1, -0.05) is 57.7 Å². The van der Waals surface area contributed by atoms with Crippen LogP contribution in [0.5, 0.6) is 5.75 Å². The average Bonchev–Trinajstić information content (AvgIpc) is 3.31. The predicted octanol–water partition coefficient (Wildman–Crippen LogP) is 6.57. The maximum absolute atomic E-state index is 10.9. The Morgan fingerprint density at radius 3 is 2.44 bits per heavy atom. The molecule has 3 rings (SSSR count). The number of hydrogen-bond acceptors (Lipinski definition) is 4. The zero-order valence-electron chi connectivity index (χ0n) is 21.6. The van der Waals surface area contributed by atoms with Crippen molar-refractivity contribution < 1.29 is 5.11 Å². The van der Waals surface area contributed by atoms with E-state index in [0.717, 1.165) is 81.3 Å². The van der Waals surface area contributed by atoms with Crippen LogP contribution in [0.4, 0.5) is 0 Å². The van der Waals surface area contributed by atoms with Crippen molar-refractivity contribution in [2.24, 2.45) is 5.73 Å². The Kier molecular flexibility index (Phi) is 11.4. The molecule has 0 aliphatic carbocycles. The van der Waals surface area contributed by atoms with Gasteiger partial charge in [-0.15, -0.1) is 0 Å². The number of nitrogens with zero attached hydrogens (tertiary/aromatic N) is 2. The lowest BCUT2D eigenvalue weighted by molar-refractivity contribution is 0.207. The molecule has 3 N–H and O–H groups in total. The van der Waals surface area contributed by atoms with E-state index in [0.29, 0.717) is 11.8 Å². The molecule has 188 valence electrons. The number of aryl methyl sites for hydroxylation is 3. The lowest BCUT2D eigenvalue weighted by Crippen LogP contribution is -2.43. The second-order valence-electron chi connectivity index (χ2n) is 10.2. The molecule has 0 saturated carbocycles. The van der Waals surface area contributed by atoms with Gasteiger partial charge in [-0.2, -0.15) is 0 Å². The van der Waals surface area contributed by atoms with Gasteiger partial charge in [-0.3, -0.25) is 9.88 Å². The minimum Gasteiger partial charge on any atom is -0.507 e. The second kappa shape index (κ2) is 14.5. The molecule has 0 bridgehead atoms. The van der Waals surface area contributed by atoms with Crippen molar-refractivity contribution in [1.29, 1.82) is 0 Å². The van der Waals surface area contributed by atoms with Crippen LogP contribution in [0.15, 0.2) is 36.5 Å². The molecule has 0 spiro atoms. The van der Waals surface area contributed by atoms with Crippen molar-refractivity contribution in [3.8, 4) is 5.75 Å². The molecule has 1 aromatic heterocycles. The van der Waals surface area contributed by atoms with Gasteiger partial charge in [0.25, 0.3) is 0 Å². The molecule has 1 saturated heterocycles. The number of nitrogens with two attached hydrogens (primary N) is 1. The van der Waals surface area contributed by atoms with Gasteiger partial charge in [0, 0.05) is 24.8 Å². The van der Waals surface area contributed by atoms with Crippen molar-refractivity contribution >= 4 is 0 Å². The molecule has 2 heterocycles. The highest BCUT2D eigenvalue weighted by Gasteiger charge is 2.29. The van der Waals surface area contributed by atoms with E-state index in [1.54, 1.807) is 0 Å². The highest BCUT2D eigenvalue weighted by Crippen LogP contribution is 2.29. The molecule has 1 aromatic carbocycles. The molecular formula is C30H47N3O. The Labute approximate surface area is 208 Å². The van der Waals surface area contributed by atoms with Gasteiger partial charge in [-0.25, -0.2) is 0 Å². The minimum atomic E-state index is 0.234. The summed E-state index contributed by atoms with van der Waals surface area (Å²) in [4.78, 5) is 7.03. The second-order valence-corrected chi connectivity index (χ2v) is 10.2. The zero-order valence-corrected chi connectivity index (χ0v) is 21.6. The largest absolute Gasteiger partial charge is 0.507 e. The lowest BCUT2D eigenvalue weighted by Gasteiger charge is -2.29. The van der Waals surface area contributed by atoms with E-state index in [-0.39, 0.29) is 6.04 Å². The van der Waals surface area contributed by atoms with Crippen LogP contribution in [0.1, 0.15) is 100 Å². The first-order valence-corrected chi connectivity index (χ1v) is 13.9. The van der Waals surface area contributed by atoms with Gasteiger partial charge < -0.3 is 10.8 Å². The van der Waals surface area contributed by atoms with Gasteiger partial charge in [-0.05, 0) is 93.2 Å². The number of pyridine rings is 1. The maximum Gasteiger partial charge on any atom is 0.121 e. The summed E-state index contributed by atoms with van der Waals surface area (Å²) in [5.74, 6) is 0.557. The van der Waals surface area contributed by atoms with E-state index >= 15 is 0 Å². The summed E-state index contributed by atoms with van der Waals surface area (Å²) >= 11 is 0. The van der Waals surface area contributed by atoms with Gasteiger partial charge in [0.15, 0.2) is 0 Å². The Hall–Kier alpha value is -1.91. The molecule has 1 aliphatic heterocycles. The predicted molar refractivity (Wildman–Crippen MR) is 143 cm³/mol. The number of aromatic hydroxyl groups is 1. The van der Waals surface area contributed by atoms with E-state index in [4.69, 9.17) is 5.73 Å². The standard InChI is InChI=1S/C30H47N3O/c1-3-5-13-24-21-25(14-6-4-2)30(34)26(22-24)15-8-7-9-17-28(31)29-18-12-20-33(29)23-27-16-10-11-19-32-27/h10-11,16,19,21-22,28-29,34H,3-9,12-15,17-18,20,23,31H2,1-2H3. The molecule has 1 fully saturated rings. The van der Waals surface area contributed by atoms with Crippen molar-refractivity contribution in [3.05, 3.63) is 58.9 Å². The van der Waals surface area contributed by atoms with Crippen LogP contribution < -0.4 is 5.73 Å². The maximum atomic E-state index is 10.9. The molecule has 0 amide bonds. The van der Waals surface area contributed by atoms with Gasteiger partial charge in [0.1, 0.15) is 5.75 Å². The Morgan fingerprint density at radius 1 is 1.00 bits per heavy atom. The van der Waals surface area contributed by atoms with Gasteiger partial charge in [0.05, 0.1) is 5.69 Å². The van der Waals surface area contributed by atoms with Crippen LogP contribution in [0.3, 0.4) is 0 Å². The number of aromatic nitrogens is 1. The van der Waals surface area contributed by atoms with Crippen molar-refractivity contribution in [2.45, 2.75) is 116 Å². The first kappa shape index (κ1) is 26.7. The summed E-state index contributed by atoms with van der Waals surface area (Å²) in [6.45, 7) is 6.50. The van der Waals surface area contributed by atoms with E-state index in [1.807, 2.05) is 12.3 Å². The monoisotopic (exact) mass is 465 g/mol. The quantitative estimate of drug-likeness (QED) is 0.292. The van der Waals surface area contributed by atoms with Crippen LogP contribution >= 0.6 is 0 Å². The van der Waals surface area contributed by atoms with Crippen LogP contribution in [0.25, 0.3) is 0 Å². The summed E-state index contributed by atoms with van der Waals surface area (Å²) < 4.78 is 0. The van der Waals surface area contributed by atoms with E-state index in [9.17, 15) is 5.11 Å². The number of rotatable bonds is 15. The molecule has 2 atom stereocenters. The number of unbranched alkanes of at least 4 members (excludes halogenated alkanes) is 4.